The molecule has 0 saturated heterocycles. The first kappa shape index (κ1) is 12.6. The molecule has 1 amide bonds. The van der Waals surface area contributed by atoms with Crippen molar-refractivity contribution in [3.63, 3.8) is 0 Å². The van der Waals surface area contributed by atoms with Crippen molar-refractivity contribution in [2.24, 2.45) is 0 Å². The van der Waals surface area contributed by atoms with Crippen LogP contribution in [-0.4, -0.2) is 23.1 Å². The van der Waals surface area contributed by atoms with Gasteiger partial charge in [0.05, 0.1) is 9.75 Å². The lowest BCUT2D eigenvalue weighted by molar-refractivity contribution is 0.0740. The van der Waals surface area contributed by atoms with Crippen molar-refractivity contribution in [3.8, 4) is 0 Å². The van der Waals surface area contributed by atoms with Crippen LogP contribution < -0.4 is 0 Å². The normalized spacial score (nSPS) is 14.3. The zero-order valence-corrected chi connectivity index (χ0v) is 12.1. The van der Waals surface area contributed by atoms with Gasteiger partial charge in [-0.05, 0) is 42.5 Å². The van der Waals surface area contributed by atoms with E-state index in [1.54, 1.807) is 23.5 Å². The van der Waals surface area contributed by atoms with E-state index in [1.165, 1.54) is 28.7 Å². The Bertz CT molecular complexity index is 641. The van der Waals surface area contributed by atoms with Crippen LogP contribution >= 0.6 is 22.7 Å². The van der Waals surface area contributed by atoms with E-state index in [-0.39, 0.29) is 11.7 Å². The molecule has 2 aromatic heterocycles. The van der Waals surface area contributed by atoms with Crippen molar-refractivity contribution < 1.29 is 9.59 Å². The van der Waals surface area contributed by atoms with Crippen molar-refractivity contribution >= 4 is 34.4 Å². The maximum Gasteiger partial charge on any atom is 0.264 e. The summed E-state index contributed by atoms with van der Waals surface area (Å²) in [4.78, 5) is 28.2. The summed E-state index contributed by atoms with van der Waals surface area (Å²) in [5.41, 5.74) is 1.26. The van der Waals surface area contributed by atoms with E-state index < -0.39 is 0 Å². The molecule has 19 heavy (non-hydrogen) atoms. The number of hydrogen-bond donors (Lipinski definition) is 0. The van der Waals surface area contributed by atoms with Gasteiger partial charge in [0.25, 0.3) is 5.91 Å². The van der Waals surface area contributed by atoms with Gasteiger partial charge in [0, 0.05) is 18.0 Å². The highest BCUT2D eigenvalue weighted by Gasteiger charge is 2.23. The van der Waals surface area contributed by atoms with E-state index in [2.05, 4.69) is 11.4 Å². The molecule has 3 nitrogen and oxygen atoms in total. The summed E-state index contributed by atoms with van der Waals surface area (Å²) < 4.78 is 0. The largest absolute Gasteiger partial charge is 0.333 e. The van der Waals surface area contributed by atoms with E-state index in [0.29, 0.717) is 16.3 Å². The van der Waals surface area contributed by atoms with Crippen LogP contribution in [0.15, 0.2) is 23.6 Å². The second-order valence-electron chi connectivity index (χ2n) is 4.57. The number of hydrogen-bond acceptors (Lipinski definition) is 4. The summed E-state index contributed by atoms with van der Waals surface area (Å²) in [7, 11) is 0. The highest BCUT2D eigenvalue weighted by atomic mass is 32.1. The molecule has 0 fully saturated rings. The maximum absolute atomic E-state index is 12.4. The third kappa shape index (κ3) is 2.35. The number of thiophene rings is 2. The third-order valence-corrected chi connectivity index (χ3v) is 5.46. The topological polar surface area (TPSA) is 37.4 Å². The Morgan fingerprint density at radius 2 is 2.00 bits per heavy atom. The van der Waals surface area contributed by atoms with Crippen LogP contribution in [0.2, 0.25) is 0 Å². The van der Waals surface area contributed by atoms with Gasteiger partial charge in [-0.25, -0.2) is 0 Å². The molecule has 0 aliphatic carbocycles. The van der Waals surface area contributed by atoms with Gasteiger partial charge >= 0.3 is 0 Å². The van der Waals surface area contributed by atoms with Gasteiger partial charge < -0.3 is 4.90 Å². The van der Waals surface area contributed by atoms with Crippen molar-refractivity contribution in [1.82, 2.24) is 4.90 Å². The zero-order chi connectivity index (χ0) is 13.4. The summed E-state index contributed by atoms with van der Waals surface area (Å²) in [6.07, 6.45) is 0.934. The van der Waals surface area contributed by atoms with Crippen LogP contribution in [0.1, 0.15) is 36.7 Å². The fourth-order valence-electron chi connectivity index (χ4n) is 2.22. The SMILES string of the molecule is CC(=O)c1ccc(C(=O)N2CCc3sccc3C2)s1. The van der Waals surface area contributed by atoms with Crippen molar-refractivity contribution in [3.05, 3.63) is 43.8 Å². The van der Waals surface area contributed by atoms with Gasteiger partial charge in [0.15, 0.2) is 5.78 Å². The van der Waals surface area contributed by atoms with Crippen LogP contribution in [0, 0.1) is 0 Å². The van der Waals surface area contributed by atoms with E-state index in [4.69, 9.17) is 0 Å². The van der Waals surface area contributed by atoms with Crippen LogP contribution in [-0.2, 0) is 13.0 Å². The Morgan fingerprint density at radius 1 is 1.21 bits per heavy atom. The van der Waals surface area contributed by atoms with Crippen LogP contribution in [0.5, 0.6) is 0 Å². The molecule has 0 N–H and O–H groups in total. The number of rotatable bonds is 2. The smallest absolute Gasteiger partial charge is 0.264 e. The van der Waals surface area contributed by atoms with Gasteiger partial charge in [0.2, 0.25) is 0 Å². The molecule has 0 atom stereocenters. The maximum atomic E-state index is 12.4. The van der Waals surface area contributed by atoms with E-state index in [9.17, 15) is 9.59 Å². The highest BCUT2D eigenvalue weighted by molar-refractivity contribution is 7.16. The lowest BCUT2D eigenvalue weighted by Gasteiger charge is -2.26. The molecular weight excluding hydrogens is 278 g/mol. The van der Waals surface area contributed by atoms with E-state index in [1.807, 2.05) is 4.90 Å². The molecule has 1 aliphatic heterocycles. The first-order valence-electron chi connectivity index (χ1n) is 6.10. The predicted molar refractivity (Wildman–Crippen MR) is 77.1 cm³/mol. The molecule has 0 radical (unpaired) electrons. The summed E-state index contributed by atoms with van der Waals surface area (Å²) in [6, 6.07) is 5.59. The Kier molecular flexibility index (Phi) is 3.24. The van der Waals surface area contributed by atoms with Crippen LogP contribution in [0.4, 0.5) is 0 Å². The fourth-order valence-corrected chi connectivity index (χ4v) is 3.98. The molecule has 5 heteroatoms. The van der Waals surface area contributed by atoms with Crippen LogP contribution in [0.25, 0.3) is 0 Å². The van der Waals surface area contributed by atoms with Gasteiger partial charge in [-0.1, -0.05) is 0 Å². The molecule has 3 heterocycles. The molecule has 0 unspecified atom stereocenters. The van der Waals surface area contributed by atoms with Gasteiger partial charge in [0.1, 0.15) is 0 Å². The molecule has 2 aromatic rings. The molecule has 0 aromatic carbocycles. The number of fused-ring (bicyclic) bond motifs is 1. The quantitative estimate of drug-likeness (QED) is 0.797. The summed E-state index contributed by atoms with van der Waals surface area (Å²) in [5, 5.41) is 2.08. The second-order valence-corrected chi connectivity index (χ2v) is 6.65. The minimum absolute atomic E-state index is 0.0165. The molecule has 3 rings (SSSR count). The standard InChI is InChI=1S/C14H13NO2S2/c1-9(16)11-2-3-13(19-11)14(17)15-6-4-12-10(8-15)5-7-18-12/h2-3,5,7H,4,6,8H2,1H3. The summed E-state index contributed by atoms with van der Waals surface area (Å²) in [6.45, 7) is 2.98. The molecule has 0 saturated carbocycles. The second kappa shape index (κ2) is 4.90. The number of carbonyl (C=O) groups excluding carboxylic acids is 2. The zero-order valence-electron chi connectivity index (χ0n) is 10.5. The number of carbonyl (C=O) groups is 2. The predicted octanol–water partition coefficient (Wildman–Crippen LogP) is 3.21. The minimum atomic E-state index is 0.0165. The van der Waals surface area contributed by atoms with Gasteiger partial charge in [-0.15, -0.1) is 22.7 Å². The van der Waals surface area contributed by atoms with Crippen molar-refractivity contribution in [2.45, 2.75) is 19.9 Å². The number of amides is 1. The summed E-state index contributed by atoms with van der Waals surface area (Å²) >= 11 is 3.05. The van der Waals surface area contributed by atoms with E-state index in [0.717, 1.165) is 13.0 Å². The Labute approximate surface area is 119 Å². The average molecular weight is 291 g/mol. The number of ketones is 1. The third-order valence-electron chi connectivity index (χ3n) is 3.26. The number of Topliss-reactive ketones (excluding diaryl/α,β-unsaturated/α-hetero) is 1. The van der Waals surface area contributed by atoms with Gasteiger partial charge in [-0.3, -0.25) is 9.59 Å². The Morgan fingerprint density at radius 3 is 2.74 bits per heavy atom. The highest BCUT2D eigenvalue weighted by Crippen LogP contribution is 2.26. The molecule has 98 valence electrons. The average Bonchev–Trinajstić information content (AvgIpc) is 3.06. The Balaban J connectivity index is 1.79. The monoisotopic (exact) mass is 291 g/mol. The number of nitrogens with zero attached hydrogens (tertiary/aromatic N) is 1. The summed E-state index contributed by atoms with van der Waals surface area (Å²) in [5.74, 6) is 0.0529. The van der Waals surface area contributed by atoms with E-state index >= 15 is 0 Å². The van der Waals surface area contributed by atoms with Crippen LogP contribution in [0.3, 0.4) is 0 Å². The van der Waals surface area contributed by atoms with Crippen molar-refractivity contribution in [1.29, 1.82) is 0 Å². The fraction of sp³-hybridized carbons (Fsp3) is 0.286. The first-order valence-corrected chi connectivity index (χ1v) is 7.80. The van der Waals surface area contributed by atoms with Crippen molar-refractivity contribution in [2.75, 3.05) is 6.54 Å². The molecule has 1 aliphatic rings. The molecular formula is C14H13NO2S2. The Hall–Kier alpha value is -1.46. The molecule has 0 bridgehead atoms. The minimum Gasteiger partial charge on any atom is -0.333 e. The lowest BCUT2D eigenvalue weighted by Crippen LogP contribution is -2.34. The first-order chi connectivity index (χ1) is 9.15. The lowest BCUT2D eigenvalue weighted by atomic mass is 10.1. The van der Waals surface area contributed by atoms with Gasteiger partial charge in [-0.2, -0.15) is 0 Å². The molecule has 0 spiro atoms.